The van der Waals surface area contributed by atoms with Crippen LogP contribution in [-0.2, 0) is 4.79 Å². The Morgan fingerprint density at radius 2 is 1.79 bits per heavy atom. The molecule has 0 atom stereocenters. The Hall–Kier alpha value is -0.830. The maximum Gasteiger partial charge on any atom is 0.328 e. The van der Waals surface area contributed by atoms with E-state index in [-0.39, 0.29) is 29.6 Å². The standard InChI is InChI=1S/C11H10O2.Na/c12-11(13)9-5-4-8-10-6-2-1-3-7-10;/h1-9H,(H,12,13);. The van der Waals surface area contributed by atoms with Gasteiger partial charge in [0.05, 0.1) is 0 Å². The number of allylic oxidation sites excluding steroid dienone is 2. The van der Waals surface area contributed by atoms with Gasteiger partial charge < -0.3 is 5.11 Å². The first-order chi connectivity index (χ1) is 6.29. The van der Waals surface area contributed by atoms with E-state index in [0.717, 1.165) is 11.6 Å². The molecule has 1 aromatic carbocycles. The molecule has 0 amide bonds. The van der Waals surface area contributed by atoms with Gasteiger partial charge in [-0.25, -0.2) is 4.79 Å². The van der Waals surface area contributed by atoms with Gasteiger partial charge in [-0.05, 0) is 5.56 Å². The van der Waals surface area contributed by atoms with E-state index in [9.17, 15) is 4.79 Å². The molecule has 0 unspecified atom stereocenters. The third-order valence-corrected chi connectivity index (χ3v) is 1.44. The molecule has 67 valence electrons. The topological polar surface area (TPSA) is 37.3 Å². The molecule has 0 fully saturated rings. The zero-order valence-electron chi connectivity index (χ0n) is 8.05. The van der Waals surface area contributed by atoms with E-state index < -0.39 is 5.97 Å². The van der Waals surface area contributed by atoms with Crippen molar-refractivity contribution in [1.29, 1.82) is 0 Å². The average molecular weight is 197 g/mol. The minimum absolute atomic E-state index is 0. The van der Waals surface area contributed by atoms with Crippen molar-refractivity contribution in [2.45, 2.75) is 0 Å². The van der Waals surface area contributed by atoms with Crippen LogP contribution in [0.4, 0.5) is 0 Å². The van der Waals surface area contributed by atoms with E-state index in [0.29, 0.717) is 0 Å². The molecule has 0 aliphatic rings. The van der Waals surface area contributed by atoms with Gasteiger partial charge in [-0.3, -0.25) is 0 Å². The molecule has 0 aliphatic carbocycles. The molecule has 0 aromatic heterocycles. The summed E-state index contributed by atoms with van der Waals surface area (Å²) in [7, 11) is 0. The second-order valence-corrected chi connectivity index (χ2v) is 2.47. The Bertz CT molecular complexity index is 328. The average Bonchev–Trinajstić information content (AvgIpc) is 2.14. The maximum absolute atomic E-state index is 10.1. The molecular formula is C11H10NaO2. The molecule has 3 heteroatoms. The van der Waals surface area contributed by atoms with Crippen LogP contribution in [0, 0.1) is 0 Å². The second kappa shape index (κ2) is 7.56. The molecule has 0 saturated heterocycles. The first-order valence-electron chi connectivity index (χ1n) is 3.92. The summed E-state index contributed by atoms with van der Waals surface area (Å²) in [6.45, 7) is 0. The van der Waals surface area contributed by atoms with Crippen molar-refractivity contribution in [1.82, 2.24) is 0 Å². The zero-order valence-corrected chi connectivity index (χ0v) is 10.1. The molecule has 1 N–H and O–H groups in total. The number of aliphatic carboxylic acids is 1. The molecule has 0 saturated carbocycles. The molecule has 1 rings (SSSR count). The van der Waals surface area contributed by atoms with Gasteiger partial charge in [0.25, 0.3) is 0 Å². The summed E-state index contributed by atoms with van der Waals surface area (Å²) >= 11 is 0. The summed E-state index contributed by atoms with van der Waals surface area (Å²) in [5.41, 5.74) is 1.05. The quantitative estimate of drug-likeness (QED) is 0.457. The van der Waals surface area contributed by atoms with Crippen LogP contribution in [0.1, 0.15) is 5.56 Å². The van der Waals surface area contributed by atoms with Gasteiger partial charge in [0.1, 0.15) is 0 Å². The summed E-state index contributed by atoms with van der Waals surface area (Å²) in [5.74, 6) is -0.933. The molecule has 0 aliphatic heterocycles. The van der Waals surface area contributed by atoms with Gasteiger partial charge in [0.2, 0.25) is 0 Å². The van der Waals surface area contributed by atoms with Gasteiger partial charge in [0, 0.05) is 35.6 Å². The van der Waals surface area contributed by atoms with Crippen molar-refractivity contribution in [3.05, 3.63) is 54.1 Å². The largest absolute Gasteiger partial charge is 0.478 e. The number of hydrogen-bond donors (Lipinski definition) is 1. The van der Waals surface area contributed by atoms with E-state index in [1.165, 1.54) is 6.08 Å². The fourth-order valence-corrected chi connectivity index (χ4v) is 0.869. The third-order valence-electron chi connectivity index (χ3n) is 1.44. The number of carboxylic acids is 1. The Morgan fingerprint density at radius 3 is 2.36 bits per heavy atom. The van der Waals surface area contributed by atoms with Gasteiger partial charge in [0.15, 0.2) is 0 Å². The van der Waals surface area contributed by atoms with E-state index >= 15 is 0 Å². The zero-order chi connectivity index (χ0) is 9.52. The van der Waals surface area contributed by atoms with Crippen LogP contribution in [0.2, 0.25) is 0 Å². The Morgan fingerprint density at radius 1 is 1.14 bits per heavy atom. The van der Waals surface area contributed by atoms with Crippen molar-refractivity contribution < 1.29 is 9.90 Å². The fourth-order valence-electron chi connectivity index (χ4n) is 0.869. The summed E-state index contributed by atoms with van der Waals surface area (Å²) in [5, 5.41) is 8.29. The van der Waals surface area contributed by atoms with E-state index in [2.05, 4.69) is 0 Å². The smallest absolute Gasteiger partial charge is 0.328 e. The first-order valence-corrected chi connectivity index (χ1v) is 3.92. The van der Waals surface area contributed by atoms with Gasteiger partial charge >= 0.3 is 5.97 Å². The molecule has 14 heavy (non-hydrogen) atoms. The minimum atomic E-state index is -0.933. The molecule has 2 nitrogen and oxygen atoms in total. The summed E-state index contributed by atoms with van der Waals surface area (Å²) in [6, 6.07) is 9.70. The van der Waals surface area contributed by atoms with E-state index in [4.69, 9.17) is 5.11 Å². The fraction of sp³-hybridized carbons (Fsp3) is 0. The van der Waals surface area contributed by atoms with Crippen LogP contribution >= 0.6 is 0 Å². The van der Waals surface area contributed by atoms with Crippen molar-refractivity contribution in [2.24, 2.45) is 0 Å². The van der Waals surface area contributed by atoms with Crippen LogP contribution in [0.15, 0.2) is 48.6 Å². The Labute approximate surface area is 105 Å². The predicted molar refractivity (Wildman–Crippen MR) is 58.0 cm³/mol. The predicted octanol–water partition coefficient (Wildman–Crippen LogP) is 1.96. The number of benzene rings is 1. The van der Waals surface area contributed by atoms with Crippen LogP contribution in [0.5, 0.6) is 0 Å². The molecular weight excluding hydrogens is 187 g/mol. The SMILES string of the molecule is O=C(O)C=CC=Cc1ccccc1.[Na]. The monoisotopic (exact) mass is 197 g/mol. The normalized spacial score (nSPS) is 10.3. The number of rotatable bonds is 3. The number of carbonyl (C=O) groups is 1. The second-order valence-electron chi connectivity index (χ2n) is 2.47. The van der Waals surface area contributed by atoms with Gasteiger partial charge in [-0.1, -0.05) is 48.6 Å². The van der Waals surface area contributed by atoms with Crippen molar-refractivity contribution >= 4 is 41.6 Å². The molecule has 0 spiro atoms. The van der Waals surface area contributed by atoms with Crippen molar-refractivity contribution in [3.63, 3.8) is 0 Å². The number of carboxylic acid groups (broad SMARTS) is 1. The Kier molecular flexibility index (Phi) is 7.11. The molecule has 0 heterocycles. The van der Waals surface area contributed by atoms with Crippen LogP contribution in [0.3, 0.4) is 0 Å². The summed E-state index contributed by atoms with van der Waals surface area (Å²) < 4.78 is 0. The minimum Gasteiger partial charge on any atom is -0.478 e. The molecule has 0 bridgehead atoms. The van der Waals surface area contributed by atoms with E-state index in [1.54, 1.807) is 6.08 Å². The van der Waals surface area contributed by atoms with Crippen LogP contribution < -0.4 is 0 Å². The summed E-state index contributed by atoms with van der Waals surface area (Å²) in [6.07, 6.45) is 6.14. The van der Waals surface area contributed by atoms with Gasteiger partial charge in [-0.15, -0.1) is 0 Å². The van der Waals surface area contributed by atoms with Gasteiger partial charge in [-0.2, -0.15) is 0 Å². The van der Waals surface area contributed by atoms with Crippen molar-refractivity contribution in [3.8, 4) is 0 Å². The maximum atomic E-state index is 10.1. The first kappa shape index (κ1) is 13.2. The van der Waals surface area contributed by atoms with E-state index in [1.807, 2.05) is 36.4 Å². The summed E-state index contributed by atoms with van der Waals surface area (Å²) in [4.78, 5) is 10.1. The van der Waals surface area contributed by atoms with Crippen LogP contribution in [0.25, 0.3) is 6.08 Å². The van der Waals surface area contributed by atoms with Crippen LogP contribution in [-0.4, -0.2) is 40.6 Å². The third kappa shape index (κ3) is 5.75. The molecule has 1 aromatic rings. The molecule has 1 radical (unpaired) electrons. The van der Waals surface area contributed by atoms with Crippen molar-refractivity contribution in [2.75, 3.05) is 0 Å². The Balaban J connectivity index is 0.00000169. The number of hydrogen-bond acceptors (Lipinski definition) is 1.